The molecule has 0 unspecified atom stereocenters. The normalized spacial score (nSPS) is 15.4. The van der Waals surface area contributed by atoms with E-state index in [1.807, 2.05) is 18.2 Å². The molecule has 1 aliphatic rings. The third-order valence-corrected chi connectivity index (χ3v) is 4.69. The fraction of sp³-hybridized carbons (Fsp3) is 0.333. The maximum atomic E-state index is 6.21. The number of methoxy groups -OCH3 is 1. The predicted octanol–water partition coefficient (Wildman–Crippen LogP) is 3.84. The highest BCUT2D eigenvalue weighted by atomic mass is 35.5. The number of nitrogens with one attached hydrogen (secondary N) is 1. The van der Waals surface area contributed by atoms with Crippen LogP contribution in [0.5, 0.6) is 17.2 Å². The van der Waals surface area contributed by atoms with Crippen LogP contribution in [0.15, 0.2) is 36.7 Å². The van der Waals surface area contributed by atoms with E-state index in [4.69, 9.17) is 35.3 Å². The molecule has 0 aliphatic carbocycles. The highest BCUT2D eigenvalue weighted by molar-refractivity contribution is 6.31. The lowest BCUT2D eigenvalue weighted by atomic mass is 10.2. The summed E-state index contributed by atoms with van der Waals surface area (Å²) in [6, 6.07) is 9.03. The molecule has 0 saturated carbocycles. The molecule has 30 heavy (non-hydrogen) atoms. The number of nitrogens with zero attached hydrogens (tertiary/aromatic N) is 2. The number of anilines is 2. The van der Waals surface area contributed by atoms with Crippen molar-refractivity contribution in [2.75, 3.05) is 52.1 Å². The molecule has 0 fully saturated rings. The molecular formula is C21H22ClN3O5. The summed E-state index contributed by atoms with van der Waals surface area (Å²) < 4.78 is 28.3. The number of ether oxygens (including phenoxy) is 5. The lowest BCUT2D eigenvalue weighted by molar-refractivity contribution is 0.0272. The molecule has 0 radical (unpaired) electrons. The van der Waals surface area contributed by atoms with Crippen molar-refractivity contribution in [1.29, 1.82) is 0 Å². The molecule has 0 atom stereocenters. The van der Waals surface area contributed by atoms with Crippen molar-refractivity contribution < 1.29 is 23.7 Å². The minimum absolute atomic E-state index is 0.375. The summed E-state index contributed by atoms with van der Waals surface area (Å²) in [7, 11) is 1.59. The van der Waals surface area contributed by atoms with Gasteiger partial charge >= 0.3 is 0 Å². The molecule has 1 N–H and O–H groups in total. The first-order valence-corrected chi connectivity index (χ1v) is 9.93. The zero-order chi connectivity index (χ0) is 20.8. The lowest BCUT2D eigenvalue weighted by Gasteiger charge is -2.15. The van der Waals surface area contributed by atoms with Gasteiger partial charge in [-0.15, -0.1) is 0 Å². The molecule has 2 aromatic carbocycles. The standard InChI is InChI=1S/C21H22ClN3O5/c1-26-19-12-16-15-11-20(19)30-9-7-28-5-4-27-6-8-29-18-3-2-14(22)10-17(18)25-21(15)24-13-23-16/h2-3,10-13H,4-9H2,1H3,(H,23,24,25). The van der Waals surface area contributed by atoms with Crippen LogP contribution in [0, 0.1) is 0 Å². The zero-order valence-corrected chi connectivity index (χ0v) is 17.3. The fourth-order valence-corrected chi connectivity index (χ4v) is 3.20. The highest BCUT2D eigenvalue weighted by Crippen LogP contribution is 2.36. The van der Waals surface area contributed by atoms with Gasteiger partial charge in [-0.2, -0.15) is 0 Å². The Balaban J connectivity index is 1.75. The Hall–Kier alpha value is -2.81. The minimum atomic E-state index is 0.375. The molecule has 0 spiro atoms. The second-order valence-electron chi connectivity index (χ2n) is 6.43. The van der Waals surface area contributed by atoms with Crippen LogP contribution in [0.4, 0.5) is 11.5 Å². The Morgan fingerprint density at radius 3 is 2.40 bits per heavy atom. The van der Waals surface area contributed by atoms with Gasteiger partial charge in [-0.25, -0.2) is 9.97 Å². The van der Waals surface area contributed by atoms with Crippen LogP contribution >= 0.6 is 11.6 Å². The molecule has 4 rings (SSSR count). The zero-order valence-electron chi connectivity index (χ0n) is 16.5. The van der Waals surface area contributed by atoms with Crippen molar-refractivity contribution in [2.45, 2.75) is 0 Å². The number of aromatic nitrogens is 2. The van der Waals surface area contributed by atoms with Gasteiger partial charge in [0.1, 0.15) is 31.1 Å². The smallest absolute Gasteiger partial charge is 0.162 e. The third kappa shape index (κ3) is 4.84. The monoisotopic (exact) mass is 431 g/mol. The molecule has 158 valence electrons. The van der Waals surface area contributed by atoms with E-state index in [0.717, 1.165) is 5.39 Å². The van der Waals surface area contributed by atoms with Crippen LogP contribution in [0.2, 0.25) is 5.02 Å². The third-order valence-electron chi connectivity index (χ3n) is 4.46. The van der Waals surface area contributed by atoms with Crippen LogP contribution < -0.4 is 19.5 Å². The molecule has 8 nitrogen and oxygen atoms in total. The first-order chi connectivity index (χ1) is 14.7. The van der Waals surface area contributed by atoms with Crippen molar-refractivity contribution in [2.24, 2.45) is 0 Å². The molecule has 0 amide bonds. The van der Waals surface area contributed by atoms with Gasteiger partial charge in [0.15, 0.2) is 11.5 Å². The first-order valence-electron chi connectivity index (χ1n) is 9.55. The van der Waals surface area contributed by atoms with Gasteiger partial charge in [0, 0.05) is 16.5 Å². The van der Waals surface area contributed by atoms with Crippen molar-refractivity contribution in [1.82, 2.24) is 9.97 Å². The van der Waals surface area contributed by atoms with Crippen molar-refractivity contribution in [3.8, 4) is 17.2 Å². The number of hydrogen-bond acceptors (Lipinski definition) is 8. The number of hydrogen-bond donors (Lipinski definition) is 1. The highest BCUT2D eigenvalue weighted by Gasteiger charge is 2.14. The summed E-state index contributed by atoms with van der Waals surface area (Å²) in [5.41, 5.74) is 1.40. The van der Waals surface area contributed by atoms with E-state index in [2.05, 4.69) is 15.3 Å². The van der Waals surface area contributed by atoms with E-state index in [1.54, 1.807) is 19.2 Å². The van der Waals surface area contributed by atoms with Crippen LogP contribution in [0.3, 0.4) is 0 Å². The summed E-state index contributed by atoms with van der Waals surface area (Å²) >= 11 is 6.21. The first kappa shape index (κ1) is 20.5. The van der Waals surface area contributed by atoms with E-state index in [-0.39, 0.29) is 0 Å². The molecule has 1 aromatic heterocycles. The molecular weight excluding hydrogens is 410 g/mol. The fourth-order valence-electron chi connectivity index (χ4n) is 3.03. The van der Waals surface area contributed by atoms with E-state index in [0.29, 0.717) is 78.9 Å². The van der Waals surface area contributed by atoms with E-state index in [9.17, 15) is 0 Å². The predicted molar refractivity (Wildman–Crippen MR) is 113 cm³/mol. The molecule has 0 saturated heterocycles. The average Bonchev–Trinajstić information content (AvgIpc) is 2.75. The topological polar surface area (TPSA) is 84.0 Å². The molecule has 2 heterocycles. The summed E-state index contributed by atoms with van der Waals surface area (Å²) in [5.74, 6) is 2.39. The van der Waals surface area contributed by atoms with Crippen LogP contribution in [-0.2, 0) is 9.47 Å². The summed E-state index contributed by atoms with van der Waals surface area (Å²) in [5, 5.41) is 4.66. The average molecular weight is 432 g/mol. The van der Waals surface area contributed by atoms with Gasteiger partial charge in [0.2, 0.25) is 0 Å². The minimum Gasteiger partial charge on any atom is -0.493 e. The Labute approximate surface area is 179 Å². The van der Waals surface area contributed by atoms with Crippen LogP contribution in [-0.4, -0.2) is 56.7 Å². The summed E-state index contributed by atoms with van der Waals surface area (Å²) in [6.45, 7) is 2.60. The quantitative estimate of drug-likeness (QED) is 0.622. The summed E-state index contributed by atoms with van der Waals surface area (Å²) in [4.78, 5) is 8.76. The van der Waals surface area contributed by atoms with Crippen molar-refractivity contribution in [3.05, 3.63) is 41.7 Å². The Morgan fingerprint density at radius 1 is 0.900 bits per heavy atom. The van der Waals surface area contributed by atoms with Crippen LogP contribution in [0.25, 0.3) is 10.9 Å². The largest absolute Gasteiger partial charge is 0.493 e. The van der Waals surface area contributed by atoms with Gasteiger partial charge in [-0.1, -0.05) is 11.6 Å². The van der Waals surface area contributed by atoms with Gasteiger partial charge in [-0.3, -0.25) is 0 Å². The Bertz CT molecular complexity index is 1020. The van der Waals surface area contributed by atoms with Gasteiger partial charge in [0.25, 0.3) is 0 Å². The van der Waals surface area contributed by atoms with E-state index < -0.39 is 0 Å². The molecule has 9 heteroatoms. The summed E-state index contributed by atoms with van der Waals surface area (Å²) in [6.07, 6.45) is 1.49. The van der Waals surface area contributed by atoms with Crippen molar-refractivity contribution >= 4 is 34.0 Å². The SMILES string of the molecule is COc1cc2ncnc3c2cc1OCCOCCOCCOc1ccc(Cl)cc1N3. The molecule has 3 aromatic rings. The second-order valence-corrected chi connectivity index (χ2v) is 6.87. The lowest BCUT2D eigenvalue weighted by Crippen LogP contribution is -2.13. The maximum Gasteiger partial charge on any atom is 0.162 e. The number of fused-ring (bicyclic) bond motifs is 2. The number of rotatable bonds is 1. The molecule has 2 bridgehead atoms. The maximum absolute atomic E-state index is 6.21. The Morgan fingerprint density at radius 2 is 1.63 bits per heavy atom. The van der Waals surface area contributed by atoms with Gasteiger partial charge in [-0.05, 0) is 24.3 Å². The van der Waals surface area contributed by atoms with E-state index >= 15 is 0 Å². The van der Waals surface area contributed by atoms with Gasteiger partial charge < -0.3 is 29.0 Å². The second kappa shape index (κ2) is 9.80. The van der Waals surface area contributed by atoms with E-state index in [1.165, 1.54) is 6.33 Å². The number of benzene rings is 2. The van der Waals surface area contributed by atoms with Crippen molar-refractivity contribution in [3.63, 3.8) is 0 Å². The Kier molecular flexibility index (Phi) is 6.68. The van der Waals surface area contributed by atoms with Gasteiger partial charge in [0.05, 0.1) is 44.7 Å². The number of halogens is 1. The van der Waals surface area contributed by atoms with Crippen LogP contribution in [0.1, 0.15) is 0 Å². The molecule has 1 aliphatic heterocycles.